The number of benzene rings is 1. The first-order chi connectivity index (χ1) is 13.7. The number of hydrogen-bond acceptors (Lipinski definition) is 6. The van der Waals surface area contributed by atoms with E-state index >= 15 is 0 Å². The maximum atomic E-state index is 12.7. The standard InChI is InChI=1S/C20H27N5O3.ClH/c1-25-20(22-18(24-25)14-7-9-21-10-8-14)23-19(26)15-4-2-5-16(12-15)28-13-17-6-3-11-27-17;/h2,4-5,12,14,17,21H,3,6-11,13H2,1H3,(H,22,23,24,26);1H. The molecule has 0 aliphatic carbocycles. The van der Waals surface area contributed by atoms with Gasteiger partial charge in [0, 0.05) is 25.1 Å². The van der Waals surface area contributed by atoms with Gasteiger partial charge in [0.2, 0.25) is 5.95 Å². The van der Waals surface area contributed by atoms with E-state index in [0.717, 1.165) is 51.2 Å². The first kappa shape index (κ1) is 21.5. The van der Waals surface area contributed by atoms with Crippen LogP contribution in [0.3, 0.4) is 0 Å². The smallest absolute Gasteiger partial charge is 0.258 e. The molecule has 0 bridgehead atoms. The number of ether oxygens (including phenoxy) is 2. The Labute approximate surface area is 176 Å². The fraction of sp³-hybridized carbons (Fsp3) is 0.550. The number of nitrogens with zero attached hydrogens (tertiary/aromatic N) is 3. The second-order valence-electron chi connectivity index (χ2n) is 7.37. The molecule has 2 fully saturated rings. The van der Waals surface area contributed by atoms with Gasteiger partial charge in [-0.2, -0.15) is 10.1 Å². The number of aromatic nitrogens is 3. The SMILES string of the molecule is Cl.Cn1nc(C2CCNCC2)nc1NC(=O)c1cccc(OCC2CCCO2)c1. The molecular formula is C20H28ClN5O3. The van der Waals surface area contributed by atoms with E-state index in [1.165, 1.54) is 0 Å². The van der Waals surface area contributed by atoms with Crippen LogP contribution in [0.2, 0.25) is 0 Å². The average Bonchev–Trinajstić information content (AvgIpc) is 3.37. The van der Waals surface area contributed by atoms with Crippen LogP contribution in [-0.2, 0) is 11.8 Å². The Balaban J connectivity index is 0.00000240. The topological polar surface area (TPSA) is 90.3 Å². The molecule has 0 saturated carbocycles. The summed E-state index contributed by atoms with van der Waals surface area (Å²) in [5.74, 6) is 2.04. The van der Waals surface area contributed by atoms with Gasteiger partial charge in [-0.05, 0) is 57.0 Å². The van der Waals surface area contributed by atoms with Crippen molar-refractivity contribution in [2.75, 3.05) is 31.6 Å². The normalized spacial score (nSPS) is 19.6. The van der Waals surface area contributed by atoms with E-state index in [-0.39, 0.29) is 24.4 Å². The van der Waals surface area contributed by atoms with Crippen molar-refractivity contribution >= 4 is 24.3 Å². The van der Waals surface area contributed by atoms with Crippen LogP contribution < -0.4 is 15.4 Å². The third kappa shape index (κ3) is 5.46. The minimum absolute atomic E-state index is 0. The van der Waals surface area contributed by atoms with Gasteiger partial charge in [0.15, 0.2) is 5.82 Å². The fourth-order valence-corrected chi connectivity index (χ4v) is 3.63. The molecule has 2 N–H and O–H groups in total. The monoisotopic (exact) mass is 421 g/mol. The van der Waals surface area contributed by atoms with Gasteiger partial charge in [-0.15, -0.1) is 12.4 Å². The summed E-state index contributed by atoms with van der Waals surface area (Å²) in [6.07, 6.45) is 4.27. The Morgan fingerprint density at radius 3 is 2.93 bits per heavy atom. The highest BCUT2D eigenvalue weighted by molar-refractivity contribution is 6.03. The van der Waals surface area contributed by atoms with Crippen LogP contribution in [0.1, 0.15) is 47.8 Å². The van der Waals surface area contributed by atoms with E-state index in [0.29, 0.717) is 29.8 Å². The molecule has 9 heteroatoms. The Morgan fingerprint density at radius 1 is 1.34 bits per heavy atom. The van der Waals surface area contributed by atoms with Crippen molar-refractivity contribution in [3.05, 3.63) is 35.7 Å². The van der Waals surface area contributed by atoms with E-state index in [2.05, 4.69) is 20.7 Å². The summed E-state index contributed by atoms with van der Waals surface area (Å²) in [7, 11) is 1.80. The fourth-order valence-electron chi connectivity index (χ4n) is 3.63. The van der Waals surface area contributed by atoms with Gasteiger partial charge in [-0.25, -0.2) is 4.68 Å². The number of carbonyl (C=O) groups excluding carboxylic acids is 1. The molecule has 1 amide bonds. The zero-order chi connectivity index (χ0) is 19.3. The lowest BCUT2D eigenvalue weighted by molar-refractivity contribution is 0.0679. The summed E-state index contributed by atoms with van der Waals surface area (Å²) in [5, 5.41) is 10.7. The molecule has 0 spiro atoms. The molecule has 158 valence electrons. The number of hydrogen-bond donors (Lipinski definition) is 2. The van der Waals surface area contributed by atoms with Crippen LogP contribution in [0.25, 0.3) is 0 Å². The zero-order valence-corrected chi connectivity index (χ0v) is 17.4. The van der Waals surface area contributed by atoms with Crippen molar-refractivity contribution in [3.63, 3.8) is 0 Å². The molecule has 29 heavy (non-hydrogen) atoms. The molecule has 8 nitrogen and oxygen atoms in total. The third-order valence-electron chi connectivity index (χ3n) is 5.27. The molecular weight excluding hydrogens is 394 g/mol. The molecule has 1 unspecified atom stereocenters. The molecule has 0 radical (unpaired) electrons. The number of piperidine rings is 1. The molecule has 1 aromatic carbocycles. The number of aryl methyl sites for hydroxylation is 1. The van der Waals surface area contributed by atoms with Crippen molar-refractivity contribution in [2.45, 2.75) is 37.7 Å². The minimum Gasteiger partial charge on any atom is -0.491 e. The summed E-state index contributed by atoms with van der Waals surface area (Å²) >= 11 is 0. The molecule has 2 aliphatic heterocycles. The molecule has 1 aromatic heterocycles. The second-order valence-corrected chi connectivity index (χ2v) is 7.37. The van der Waals surface area contributed by atoms with Crippen LogP contribution >= 0.6 is 12.4 Å². The Bertz CT molecular complexity index is 816. The predicted octanol–water partition coefficient (Wildman–Crippen LogP) is 2.51. The number of anilines is 1. The van der Waals surface area contributed by atoms with E-state index in [1.807, 2.05) is 12.1 Å². The van der Waals surface area contributed by atoms with E-state index in [9.17, 15) is 4.79 Å². The highest BCUT2D eigenvalue weighted by Crippen LogP contribution is 2.23. The quantitative estimate of drug-likeness (QED) is 0.744. The zero-order valence-electron chi connectivity index (χ0n) is 16.6. The predicted molar refractivity (Wildman–Crippen MR) is 112 cm³/mol. The van der Waals surface area contributed by atoms with Crippen molar-refractivity contribution in [1.29, 1.82) is 0 Å². The van der Waals surface area contributed by atoms with E-state index in [4.69, 9.17) is 9.47 Å². The number of nitrogens with one attached hydrogen (secondary N) is 2. The lowest BCUT2D eigenvalue weighted by Crippen LogP contribution is -2.27. The van der Waals surface area contributed by atoms with Crippen molar-refractivity contribution in [2.24, 2.45) is 7.05 Å². The van der Waals surface area contributed by atoms with Gasteiger partial charge in [0.1, 0.15) is 12.4 Å². The van der Waals surface area contributed by atoms with Gasteiger partial charge in [0.05, 0.1) is 6.10 Å². The van der Waals surface area contributed by atoms with Crippen molar-refractivity contribution in [1.82, 2.24) is 20.1 Å². The summed E-state index contributed by atoms with van der Waals surface area (Å²) in [4.78, 5) is 17.2. The van der Waals surface area contributed by atoms with Crippen LogP contribution in [-0.4, -0.2) is 53.1 Å². The maximum absolute atomic E-state index is 12.7. The number of rotatable bonds is 6. The number of halogens is 1. The second kappa shape index (κ2) is 10.0. The maximum Gasteiger partial charge on any atom is 0.258 e. The summed E-state index contributed by atoms with van der Waals surface area (Å²) < 4.78 is 13.0. The van der Waals surface area contributed by atoms with Gasteiger partial charge in [0.25, 0.3) is 5.91 Å². The largest absolute Gasteiger partial charge is 0.491 e. The first-order valence-electron chi connectivity index (χ1n) is 9.96. The van der Waals surface area contributed by atoms with Crippen LogP contribution in [0.5, 0.6) is 5.75 Å². The Kier molecular flexibility index (Phi) is 7.46. The summed E-state index contributed by atoms with van der Waals surface area (Å²) in [6, 6.07) is 7.17. The number of carbonyl (C=O) groups is 1. The first-order valence-corrected chi connectivity index (χ1v) is 9.96. The highest BCUT2D eigenvalue weighted by Gasteiger charge is 2.22. The lowest BCUT2D eigenvalue weighted by Gasteiger charge is -2.19. The van der Waals surface area contributed by atoms with Gasteiger partial charge < -0.3 is 14.8 Å². The van der Waals surface area contributed by atoms with Crippen LogP contribution in [0, 0.1) is 0 Å². The average molecular weight is 422 g/mol. The molecule has 3 heterocycles. The summed E-state index contributed by atoms with van der Waals surface area (Å²) in [5.41, 5.74) is 0.524. The molecule has 2 saturated heterocycles. The van der Waals surface area contributed by atoms with E-state index in [1.54, 1.807) is 23.9 Å². The van der Waals surface area contributed by atoms with E-state index < -0.39 is 0 Å². The molecule has 4 rings (SSSR count). The lowest BCUT2D eigenvalue weighted by atomic mass is 9.98. The third-order valence-corrected chi connectivity index (χ3v) is 5.27. The Morgan fingerprint density at radius 2 is 2.17 bits per heavy atom. The van der Waals surface area contributed by atoms with Gasteiger partial charge in [-0.3, -0.25) is 10.1 Å². The van der Waals surface area contributed by atoms with Crippen molar-refractivity contribution in [3.8, 4) is 5.75 Å². The molecule has 2 aliphatic rings. The van der Waals surface area contributed by atoms with Gasteiger partial charge in [-0.1, -0.05) is 6.07 Å². The van der Waals surface area contributed by atoms with Crippen LogP contribution in [0.4, 0.5) is 5.95 Å². The molecule has 1 atom stereocenters. The van der Waals surface area contributed by atoms with Crippen molar-refractivity contribution < 1.29 is 14.3 Å². The molecule has 2 aromatic rings. The summed E-state index contributed by atoms with van der Waals surface area (Å²) in [6.45, 7) is 3.26. The minimum atomic E-state index is -0.227. The van der Waals surface area contributed by atoms with Gasteiger partial charge >= 0.3 is 0 Å². The number of amides is 1. The highest BCUT2D eigenvalue weighted by atomic mass is 35.5. The van der Waals surface area contributed by atoms with Crippen LogP contribution in [0.15, 0.2) is 24.3 Å². The Hall–Kier alpha value is -2.16.